The second-order valence-electron chi connectivity index (χ2n) is 6.55. The van der Waals surface area contributed by atoms with Crippen LogP contribution in [0.5, 0.6) is 0 Å². The fraction of sp³-hybridized carbons (Fsp3) is 1.00. The maximum atomic E-state index is 11.5. The zero-order valence-corrected chi connectivity index (χ0v) is 12.9. The molecule has 1 saturated carbocycles. The zero-order chi connectivity index (χ0) is 13.9. The van der Waals surface area contributed by atoms with Crippen molar-refractivity contribution in [3.05, 3.63) is 0 Å². The smallest absolute Gasteiger partial charge is 0.151 e. The molecule has 2 N–H and O–H groups in total. The van der Waals surface area contributed by atoms with Crippen molar-refractivity contribution in [1.29, 1.82) is 0 Å². The molecule has 1 aliphatic carbocycles. The van der Waals surface area contributed by atoms with E-state index in [1.807, 2.05) is 0 Å². The van der Waals surface area contributed by atoms with Crippen molar-refractivity contribution in [3.63, 3.8) is 0 Å². The van der Waals surface area contributed by atoms with Crippen LogP contribution in [0.1, 0.15) is 44.9 Å². The minimum atomic E-state index is -2.77. The van der Waals surface area contributed by atoms with Gasteiger partial charge in [0.25, 0.3) is 0 Å². The Kier molecular flexibility index (Phi) is 4.90. The monoisotopic (exact) mass is 288 g/mol. The lowest BCUT2D eigenvalue weighted by Crippen LogP contribution is -2.39. The Balaban J connectivity index is 1.84. The molecule has 1 heterocycles. The normalized spacial score (nSPS) is 29.7. The summed E-state index contributed by atoms with van der Waals surface area (Å²) in [6.07, 6.45) is 8.38. The summed E-state index contributed by atoms with van der Waals surface area (Å²) >= 11 is 0. The van der Waals surface area contributed by atoms with Crippen molar-refractivity contribution in [3.8, 4) is 0 Å². The number of nitrogens with two attached hydrogens (primary N) is 1. The minimum Gasteiger partial charge on any atom is -0.330 e. The van der Waals surface area contributed by atoms with E-state index in [0.717, 1.165) is 25.9 Å². The van der Waals surface area contributed by atoms with Crippen molar-refractivity contribution in [1.82, 2.24) is 4.90 Å². The molecule has 112 valence electrons. The first-order valence-electron chi connectivity index (χ1n) is 7.57. The first kappa shape index (κ1) is 15.3. The maximum Gasteiger partial charge on any atom is 0.151 e. The van der Waals surface area contributed by atoms with E-state index in [0.29, 0.717) is 16.9 Å². The van der Waals surface area contributed by atoms with Gasteiger partial charge in [-0.1, -0.05) is 19.3 Å². The molecule has 19 heavy (non-hydrogen) atoms. The van der Waals surface area contributed by atoms with Crippen LogP contribution in [0, 0.1) is 5.41 Å². The molecule has 1 atom stereocenters. The van der Waals surface area contributed by atoms with Gasteiger partial charge >= 0.3 is 0 Å². The average molecular weight is 288 g/mol. The van der Waals surface area contributed by atoms with E-state index >= 15 is 0 Å². The van der Waals surface area contributed by atoms with Gasteiger partial charge < -0.3 is 10.6 Å². The fourth-order valence-electron chi connectivity index (χ4n) is 3.58. The topological polar surface area (TPSA) is 63.4 Å². The van der Waals surface area contributed by atoms with Gasteiger partial charge in [0.2, 0.25) is 0 Å². The second-order valence-corrected chi connectivity index (χ2v) is 8.78. The molecule has 0 bridgehead atoms. The van der Waals surface area contributed by atoms with Gasteiger partial charge in [0.1, 0.15) is 0 Å². The quantitative estimate of drug-likeness (QED) is 0.830. The summed E-state index contributed by atoms with van der Waals surface area (Å²) in [5.74, 6) is 0.711. The van der Waals surface area contributed by atoms with Crippen LogP contribution in [0.25, 0.3) is 0 Å². The SMILES string of the molecule is CN(CCC1(CN)CCCCC1)C1CCS(=O)(=O)C1. The lowest BCUT2D eigenvalue weighted by molar-refractivity contribution is 0.144. The van der Waals surface area contributed by atoms with Crippen LogP contribution >= 0.6 is 0 Å². The Morgan fingerprint density at radius 2 is 1.95 bits per heavy atom. The first-order chi connectivity index (χ1) is 8.96. The Labute approximate surface area is 117 Å². The molecular formula is C14H28N2O2S. The Morgan fingerprint density at radius 3 is 2.47 bits per heavy atom. The van der Waals surface area contributed by atoms with Gasteiger partial charge in [0.15, 0.2) is 9.84 Å². The largest absolute Gasteiger partial charge is 0.330 e. The van der Waals surface area contributed by atoms with Crippen LogP contribution in [0.2, 0.25) is 0 Å². The van der Waals surface area contributed by atoms with Crippen LogP contribution in [-0.2, 0) is 9.84 Å². The van der Waals surface area contributed by atoms with Crippen LogP contribution in [0.3, 0.4) is 0 Å². The zero-order valence-electron chi connectivity index (χ0n) is 12.1. The molecule has 4 nitrogen and oxygen atoms in total. The minimum absolute atomic E-state index is 0.225. The highest BCUT2D eigenvalue weighted by molar-refractivity contribution is 7.91. The number of sulfone groups is 1. The van der Waals surface area contributed by atoms with E-state index < -0.39 is 9.84 Å². The molecule has 1 aliphatic heterocycles. The van der Waals surface area contributed by atoms with E-state index in [4.69, 9.17) is 5.73 Å². The molecule has 2 fully saturated rings. The fourth-order valence-corrected chi connectivity index (χ4v) is 5.38. The number of hydrogen-bond acceptors (Lipinski definition) is 4. The van der Waals surface area contributed by atoms with Crippen LogP contribution in [0.4, 0.5) is 0 Å². The highest BCUT2D eigenvalue weighted by Gasteiger charge is 2.34. The number of nitrogens with zero attached hydrogens (tertiary/aromatic N) is 1. The summed E-state index contributed by atoms with van der Waals surface area (Å²) in [5, 5.41) is 0. The van der Waals surface area contributed by atoms with Crippen molar-refractivity contribution >= 4 is 9.84 Å². The first-order valence-corrected chi connectivity index (χ1v) is 9.39. The van der Waals surface area contributed by atoms with Crippen molar-refractivity contribution in [2.24, 2.45) is 11.1 Å². The summed E-state index contributed by atoms with van der Waals surface area (Å²) < 4.78 is 23.0. The Bertz CT molecular complexity index is 388. The predicted octanol–water partition coefficient (Wildman–Crippen LogP) is 1.40. The molecule has 0 amide bonds. The molecule has 0 aromatic rings. The van der Waals surface area contributed by atoms with Crippen molar-refractivity contribution in [2.45, 2.75) is 51.0 Å². The molecule has 1 unspecified atom stereocenters. The average Bonchev–Trinajstić information content (AvgIpc) is 2.77. The summed E-state index contributed by atoms with van der Waals surface area (Å²) in [7, 11) is -0.703. The Hall–Kier alpha value is -0.130. The number of rotatable bonds is 5. The third kappa shape index (κ3) is 3.92. The molecule has 2 aliphatic rings. The summed E-state index contributed by atoms with van der Waals surface area (Å²) in [4.78, 5) is 2.25. The summed E-state index contributed by atoms with van der Waals surface area (Å²) in [6.45, 7) is 1.77. The van der Waals surface area contributed by atoms with E-state index in [1.54, 1.807) is 0 Å². The standard InChI is InChI=1S/C14H28N2O2S/c1-16(13-5-10-19(17,18)11-13)9-8-14(12-15)6-3-2-4-7-14/h13H,2-12,15H2,1H3. The third-order valence-electron chi connectivity index (χ3n) is 5.17. The van der Waals surface area contributed by atoms with Crippen LogP contribution < -0.4 is 5.73 Å². The summed E-state index contributed by atoms with van der Waals surface area (Å²) in [6, 6.07) is 0.225. The van der Waals surface area contributed by atoms with Gasteiger partial charge in [-0.2, -0.15) is 0 Å². The van der Waals surface area contributed by atoms with E-state index in [-0.39, 0.29) is 6.04 Å². The van der Waals surface area contributed by atoms with Gasteiger partial charge in [-0.25, -0.2) is 8.42 Å². The number of hydrogen-bond donors (Lipinski definition) is 1. The van der Waals surface area contributed by atoms with E-state index in [9.17, 15) is 8.42 Å². The maximum absolute atomic E-state index is 11.5. The van der Waals surface area contributed by atoms with Crippen LogP contribution in [-0.4, -0.2) is 51.0 Å². The molecule has 0 spiro atoms. The molecule has 0 radical (unpaired) electrons. The Morgan fingerprint density at radius 1 is 1.26 bits per heavy atom. The molecule has 2 rings (SSSR count). The third-order valence-corrected chi connectivity index (χ3v) is 6.92. The van der Waals surface area contributed by atoms with Gasteiger partial charge in [-0.3, -0.25) is 0 Å². The lowest BCUT2D eigenvalue weighted by Gasteiger charge is -2.38. The molecule has 5 heteroatoms. The highest BCUT2D eigenvalue weighted by atomic mass is 32.2. The van der Waals surface area contributed by atoms with Crippen LogP contribution in [0.15, 0.2) is 0 Å². The predicted molar refractivity (Wildman–Crippen MR) is 78.9 cm³/mol. The van der Waals surface area contributed by atoms with Crippen molar-refractivity contribution in [2.75, 3.05) is 31.6 Å². The molecular weight excluding hydrogens is 260 g/mol. The molecule has 0 aromatic carbocycles. The van der Waals surface area contributed by atoms with Gasteiger partial charge in [0.05, 0.1) is 11.5 Å². The highest BCUT2D eigenvalue weighted by Crippen LogP contribution is 2.38. The lowest BCUT2D eigenvalue weighted by atomic mass is 9.72. The van der Waals surface area contributed by atoms with Gasteiger partial charge in [-0.05, 0) is 51.2 Å². The molecule has 0 aromatic heterocycles. The molecule has 1 saturated heterocycles. The van der Waals surface area contributed by atoms with E-state index in [1.165, 1.54) is 32.1 Å². The summed E-state index contributed by atoms with van der Waals surface area (Å²) in [5.41, 5.74) is 6.33. The second kappa shape index (κ2) is 6.10. The van der Waals surface area contributed by atoms with Crippen molar-refractivity contribution < 1.29 is 8.42 Å². The van der Waals surface area contributed by atoms with E-state index in [2.05, 4.69) is 11.9 Å². The van der Waals surface area contributed by atoms with Gasteiger partial charge in [-0.15, -0.1) is 0 Å². The van der Waals surface area contributed by atoms with Gasteiger partial charge in [0, 0.05) is 6.04 Å².